The largest absolute Gasteiger partial charge is 0.396 e. The van der Waals surface area contributed by atoms with Crippen molar-refractivity contribution >= 4 is 27.4 Å². The maximum absolute atomic E-state index is 9.42. The molecular weight excluding hydrogens is 274 g/mol. The van der Waals surface area contributed by atoms with E-state index in [2.05, 4.69) is 26.2 Å². The van der Waals surface area contributed by atoms with Crippen molar-refractivity contribution in [1.29, 1.82) is 0 Å². The molecule has 16 heavy (non-hydrogen) atoms. The van der Waals surface area contributed by atoms with E-state index in [0.29, 0.717) is 31.1 Å². The fourth-order valence-electron chi connectivity index (χ4n) is 1.24. The summed E-state index contributed by atoms with van der Waals surface area (Å²) in [6.07, 6.45) is 1.80. The number of anilines is 2. The highest BCUT2D eigenvalue weighted by atomic mass is 79.9. The summed E-state index contributed by atoms with van der Waals surface area (Å²) in [4.78, 5) is 4.12. The van der Waals surface area contributed by atoms with Gasteiger partial charge in [-0.15, -0.1) is 0 Å². The molecule has 0 fully saturated rings. The van der Waals surface area contributed by atoms with Crippen LogP contribution in [0.25, 0.3) is 0 Å². The Morgan fingerprint density at radius 2 is 2.44 bits per heavy atom. The number of aliphatic hydroxyl groups excluding tert-OH is 1. The molecule has 6 heteroatoms. The predicted octanol–water partition coefficient (Wildman–Crippen LogP) is 1.24. The van der Waals surface area contributed by atoms with Crippen molar-refractivity contribution in [3.63, 3.8) is 0 Å². The van der Waals surface area contributed by atoms with Crippen LogP contribution in [0.2, 0.25) is 0 Å². The number of aromatic nitrogens is 1. The number of aliphatic hydroxyl groups is 1. The quantitative estimate of drug-likeness (QED) is 0.734. The Bertz CT molecular complexity index is 336. The lowest BCUT2D eigenvalue weighted by Crippen LogP contribution is -2.19. The monoisotopic (exact) mass is 289 g/mol. The van der Waals surface area contributed by atoms with E-state index in [1.165, 1.54) is 0 Å². The van der Waals surface area contributed by atoms with Crippen molar-refractivity contribution in [2.45, 2.75) is 12.5 Å². The molecule has 0 radical (unpaired) electrons. The van der Waals surface area contributed by atoms with Crippen LogP contribution in [0, 0.1) is 0 Å². The van der Waals surface area contributed by atoms with Crippen LogP contribution in [-0.2, 0) is 4.74 Å². The van der Waals surface area contributed by atoms with Gasteiger partial charge in [0, 0.05) is 24.3 Å². The highest BCUT2D eigenvalue weighted by Gasteiger charge is 2.04. The Morgan fingerprint density at radius 3 is 3.06 bits per heavy atom. The Hall–Kier alpha value is -0.850. The fraction of sp³-hybridized carbons (Fsp3) is 0.500. The van der Waals surface area contributed by atoms with Crippen molar-refractivity contribution in [2.24, 2.45) is 0 Å². The van der Waals surface area contributed by atoms with E-state index < -0.39 is 6.10 Å². The number of hydrogen-bond acceptors (Lipinski definition) is 5. The molecule has 5 nitrogen and oxygen atoms in total. The number of nitrogens with two attached hydrogens (primary N) is 1. The molecule has 0 spiro atoms. The van der Waals surface area contributed by atoms with Crippen LogP contribution in [0.3, 0.4) is 0 Å². The van der Waals surface area contributed by atoms with Gasteiger partial charge in [-0.1, -0.05) is 0 Å². The summed E-state index contributed by atoms with van der Waals surface area (Å²) < 4.78 is 5.66. The first-order valence-corrected chi connectivity index (χ1v) is 5.74. The molecule has 90 valence electrons. The van der Waals surface area contributed by atoms with E-state index >= 15 is 0 Å². The minimum absolute atomic E-state index is 0.338. The molecule has 0 aliphatic rings. The predicted molar refractivity (Wildman–Crippen MR) is 67.3 cm³/mol. The number of nitrogen functional groups attached to an aromatic ring is 1. The Balaban J connectivity index is 2.37. The maximum Gasteiger partial charge on any atom is 0.149 e. The second-order valence-electron chi connectivity index (χ2n) is 3.42. The van der Waals surface area contributed by atoms with Crippen LogP contribution in [0.15, 0.2) is 16.7 Å². The molecule has 1 heterocycles. The molecule has 0 aromatic carbocycles. The van der Waals surface area contributed by atoms with Gasteiger partial charge in [0.2, 0.25) is 0 Å². The van der Waals surface area contributed by atoms with Gasteiger partial charge >= 0.3 is 0 Å². The standard InChI is InChI=1S/C10H16BrN3O2/c1-16-6-8(15)2-3-13-10-9(12)4-7(11)5-14-10/h4-5,8,15H,2-3,6,12H2,1H3,(H,13,14). The number of nitrogens with one attached hydrogen (secondary N) is 1. The number of hydrogen-bond donors (Lipinski definition) is 3. The third kappa shape index (κ3) is 4.34. The van der Waals surface area contributed by atoms with E-state index in [1.807, 2.05) is 0 Å². The van der Waals surface area contributed by atoms with Gasteiger partial charge in [-0.2, -0.15) is 0 Å². The van der Waals surface area contributed by atoms with Crippen molar-refractivity contribution in [3.05, 3.63) is 16.7 Å². The van der Waals surface area contributed by atoms with Gasteiger partial charge in [-0.25, -0.2) is 4.98 Å². The molecule has 1 aromatic rings. The van der Waals surface area contributed by atoms with E-state index in [4.69, 9.17) is 10.5 Å². The summed E-state index contributed by atoms with van der Waals surface area (Å²) in [5, 5.41) is 12.5. The highest BCUT2D eigenvalue weighted by Crippen LogP contribution is 2.19. The number of pyridine rings is 1. The van der Waals surface area contributed by atoms with Gasteiger partial charge < -0.3 is 20.9 Å². The SMILES string of the molecule is COCC(O)CCNc1ncc(Br)cc1N. The first-order chi connectivity index (χ1) is 7.63. The van der Waals surface area contributed by atoms with E-state index in [9.17, 15) is 5.11 Å². The molecule has 1 atom stereocenters. The first kappa shape index (κ1) is 13.2. The Labute approximate surface area is 103 Å². The highest BCUT2D eigenvalue weighted by molar-refractivity contribution is 9.10. The lowest BCUT2D eigenvalue weighted by molar-refractivity contribution is 0.0615. The van der Waals surface area contributed by atoms with Crippen LogP contribution in [0.4, 0.5) is 11.5 Å². The molecular formula is C10H16BrN3O2. The number of ether oxygens (including phenoxy) is 1. The van der Waals surface area contributed by atoms with Gasteiger partial charge in [0.15, 0.2) is 0 Å². The topological polar surface area (TPSA) is 80.4 Å². The van der Waals surface area contributed by atoms with Gasteiger partial charge in [-0.3, -0.25) is 0 Å². The van der Waals surface area contributed by atoms with Crippen LogP contribution in [-0.4, -0.2) is 36.5 Å². The summed E-state index contributed by atoms with van der Waals surface area (Å²) in [5.74, 6) is 0.632. The average molecular weight is 290 g/mol. The van der Waals surface area contributed by atoms with E-state index in [0.717, 1.165) is 4.47 Å². The third-order valence-corrected chi connectivity index (χ3v) is 2.45. The minimum atomic E-state index is -0.464. The molecule has 0 aliphatic heterocycles. The van der Waals surface area contributed by atoms with E-state index in [-0.39, 0.29) is 0 Å². The van der Waals surface area contributed by atoms with Crippen LogP contribution in [0.1, 0.15) is 6.42 Å². The van der Waals surface area contributed by atoms with E-state index in [1.54, 1.807) is 19.4 Å². The summed E-state index contributed by atoms with van der Waals surface area (Å²) in [6, 6.07) is 1.78. The molecule has 1 unspecified atom stereocenters. The summed E-state index contributed by atoms with van der Waals surface area (Å²) in [5.41, 5.74) is 6.33. The Kier molecular flexibility index (Phi) is 5.51. The third-order valence-electron chi connectivity index (χ3n) is 2.01. The summed E-state index contributed by atoms with van der Waals surface area (Å²) in [7, 11) is 1.56. The molecule has 0 amide bonds. The number of methoxy groups -OCH3 is 1. The number of rotatable bonds is 6. The molecule has 1 rings (SSSR count). The summed E-state index contributed by atoms with van der Waals surface area (Å²) >= 11 is 3.28. The lowest BCUT2D eigenvalue weighted by Gasteiger charge is -2.11. The van der Waals surface area contributed by atoms with Crippen molar-refractivity contribution in [3.8, 4) is 0 Å². The van der Waals surface area contributed by atoms with Gasteiger partial charge in [0.05, 0.1) is 18.4 Å². The normalized spacial score (nSPS) is 12.4. The van der Waals surface area contributed by atoms with Gasteiger partial charge in [-0.05, 0) is 28.4 Å². The zero-order valence-electron chi connectivity index (χ0n) is 9.11. The lowest BCUT2D eigenvalue weighted by atomic mass is 10.2. The molecule has 0 aliphatic carbocycles. The first-order valence-electron chi connectivity index (χ1n) is 4.95. The molecule has 1 aromatic heterocycles. The van der Waals surface area contributed by atoms with Crippen LogP contribution < -0.4 is 11.1 Å². The number of nitrogens with zero attached hydrogens (tertiary/aromatic N) is 1. The molecule has 0 bridgehead atoms. The summed E-state index contributed by atoms with van der Waals surface area (Å²) in [6.45, 7) is 0.939. The second kappa shape index (κ2) is 6.67. The number of halogens is 1. The Morgan fingerprint density at radius 1 is 1.69 bits per heavy atom. The van der Waals surface area contributed by atoms with Gasteiger partial charge in [0.1, 0.15) is 5.82 Å². The van der Waals surface area contributed by atoms with Crippen LogP contribution in [0.5, 0.6) is 0 Å². The minimum Gasteiger partial charge on any atom is -0.396 e. The second-order valence-corrected chi connectivity index (χ2v) is 4.33. The average Bonchev–Trinajstić information content (AvgIpc) is 2.22. The van der Waals surface area contributed by atoms with Crippen LogP contribution >= 0.6 is 15.9 Å². The molecule has 0 saturated heterocycles. The maximum atomic E-state index is 9.42. The van der Waals surface area contributed by atoms with Gasteiger partial charge in [0.25, 0.3) is 0 Å². The van der Waals surface area contributed by atoms with Crippen molar-refractivity contribution in [2.75, 3.05) is 31.3 Å². The fourth-order valence-corrected chi connectivity index (χ4v) is 1.58. The zero-order valence-corrected chi connectivity index (χ0v) is 10.7. The zero-order chi connectivity index (χ0) is 12.0. The smallest absolute Gasteiger partial charge is 0.149 e. The molecule has 0 saturated carbocycles. The molecule has 4 N–H and O–H groups in total. The van der Waals surface area contributed by atoms with Crippen molar-refractivity contribution < 1.29 is 9.84 Å². The van der Waals surface area contributed by atoms with Crippen molar-refractivity contribution in [1.82, 2.24) is 4.98 Å².